The molecule has 4 aromatic rings. The zero-order valence-electron chi connectivity index (χ0n) is 24.4. The monoisotopic (exact) mass is 511 g/mol. The maximum atomic E-state index is 2.74. The van der Waals surface area contributed by atoms with E-state index in [1.807, 2.05) is 0 Å². The summed E-state index contributed by atoms with van der Waals surface area (Å²) in [4.78, 5) is 2.74. The molecule has 3 aliphatic rings. The van der Waals surface area contributed by atoms with Crippen molar-refractivity contribution in [3.8, 4) is 22.3 Å². The van der Waals surface area contributed by atoms with Crippen molar-refractivity contribution < 1.29 is 0 Å². The first-order chi connectivity index (χ1) is 18.6. The number of nitrogens with zero attached hydrogens (tertiary/aromatic N) is 1. The Morgan fingerprint density at radius 1 is 0.615 bits per heavy atom. The molecule has 1 fully saturated rings. The fraction of sp³-hybridized carbons (Fsp3) is 0.368. The second kappa shape index (κ2) is 8.10. The molecule has 2 atom stereocenters. The Morgan fingerprint density at radius 3 is 1.97 bits per heavy atom. The van der Waals surface area contributed by atoms with Crippen molar-refractivity contribution in [1.82, 2.24) is 0 Å². The van der Waals surface area contributed by atoms with Gasteiger partial charge in [-0.05, 0) is 87.5 Å². The molecule has 1 heteroatoms. The molecule has 39 heavy (non-hydrogen) atoms. The second-order valence-corrected chi connectivity index (χ2v) is 14.0. The van der Waals surface area contributed by atoms with E-state index in [4.69, 9.17) is 0 Å². The van der Waals surface area contributed by atoms with Gasteiger partial charge < -0.3 is 4.90 Å². The Labute approximate surface area is 234 Å². The summed E-state index contributed by atoms with van der Waals surface area (Å²) in [5.74, 6) is 0. The molecule has 1 aliphatic heterocycles. The lowest BCUT2D eigenvalue weighted by molar-refractivity contribution is 0.0608. The molecular formula is C38H41N. The molecule has 198 valence electrons. The van der Waals surface area contributed by atoms with Crippen molar-refractivity contribution in [3.05, 3.63) is 108 Å². The number of hydrogen-bond acceptors (Lipinski definition) is 1. The lowest BCUT2D eigenvalue weighted by Gasteiger charge is -2.59. The highest BCUT2D eigenvalue weighted by atomic mass is 15.3. The first kappa shape index (κ1) is 24.7. The van der Waals surface area contributed by atoms with E-state index in [0.717, 1.165) is 0 Å². The second-order valence-electron chi connectivity index (χ2n) is 14.0. The summed E-state index contributed by atoms with van der Waals surface area (Å²) in [5.41, 5.74) is 12.8. The predicted molar refractivity (Wildman–Crippen MR) is 166 cm³/mol. The van der Waals surface area contributed by atoms with Crippen LogP contribution >= 0.6 is 0 Å². The van der Waals surface area contributed by atoms with Gasteiger partial charge >= 0.3 is 0 Å². The zero-order valence-corrected chi connectivity index (χ0v) is 24.4. The maximum Gasteiger partial charge on any atom is 0.0594 e. The number of benzene rings is 4. The van der Waals surface area contributed by atoms with Crippen LogP contribution in [0.15, 0.2) is 91.0 Å². The fourth-order valence-electron chi connectivity index (χ4n) is 8.97. The van der Waals surface area contributed by atoms with Gasteiger partial charge in [0, 0.05) is 22.2 Å². The van der Waals surface area contributed by atoms with Crippen LogP contribution in [0.25, 0.3) is 22.3 Å². The van der Waals surface area contributed by atoms with Crippen LogP contribution in [-0.4, -0.2) is 5.54 Å². The first-order valence-electron chi connectivity index (χ1n) is 14.8. The van der Waals surface area contributed by atoms with Gasteiger partial charge in [-0.3, -0.25) is 0 Å². The molecule has 0 spiro atoms. The van der Waals surface area contributed by atoms with Crippen LogP contribution in [0.4, 0.5) is 11.4 Å². The lowest BCUT2D eigenvalue weighted by atomic mass is 9.52. The van der Waals surface area contributed by atoms with Crippen molar-refractivity contribution in [2.75, 3.05) is 4.90 Å². The van der Waals surface area contributed by atoms with Crippen LogP contribution in [0.5, 0.6) is 0 Å². The van der Waals surface area contributed by atoms with Crippen LogP contribution in [0, 0.1) is 5.41 Å². The molecule has 4 aromatic carbocycles. The smallest absolute Gasteiger partial charge is 0.0594 e. The predicted octanol–water partition coefficient (Wildman–Crippen LogP) is 10.4. The van der Waals surface area contributed by atoms with Gasteiger partial charge in [0.05, 0.1) is 5.54 Å². The standard InChI is InChI=1S/C38H41N/c1-35(2,3)38-23-13-12-22-37(38,6)33-25-27(19-21-34(33)39(38)28-14-8-7-9-15-28)26-18-20-30-29-16-10-11-17-31(29)36(4,5)32(30)24-26/h7-11,14-21,24-25H,12-13,22-23H2,1-6H3. The van der Waals surface area contributed by atoms with Crippen LogP contribution in [0.1, 0.15) is 83.9 Å². The molecule has 7 rings (SSSR count). The summed E-state index contributed by atoms with van der Waals surface area (Å²) in [6.45, 7) is 14.7. The fourth-order valence-corrected chi connectivity index (χ4v) is 8.97. The third-order valence-electron chi connectivity index (χ3n) is 10.8. The average molecular weight is 512 g/mol. The van der Waals surface area contributed by atoms with Gasteiger partial charge in [-0.25, -0.2) is 0 Å². The van der Waals surface area contributed by atoms with E-state index < -0.39 is 0 Å². The maximum absolute atomic E-state index is 2.74. The van der Waals surface area contributed by atoms with Crippen molar-refractivity contribution in [1.29, 1.82) is 0 Å². The van der Waals surface area contributed by atoms with Gasteiger partial charge in [0.1, 0.15) is 0 Å². The summed E-state index contributed by atoms with van der Waals surface area (Å²) in [6.07, 6.45) is 5.04. The molecular weight excluding hydrogens is 470 g/mol. The molecule has 0 amide bonds. The number of rotatable bonds is 2. The molecule has 2 aliphatic carbocycles. The van der Waals surface area contributed by atoms with E-state index in [0.29, 0.717) is 0 Å². The minimum Gasteiger partial charge on any atom is -0.334 e. The normalized spacial score (nSPS) is 24.6. The molecule has 0 bridgehead atoms. The third kappa shape index (κ3) is 3.14. The Bertz CT molecular complexity index is 1590. The van der Waals surface area contributed by atoms with Crippen molar-refractivity contribution in [2.24, 2.45) is 5.41 Å². The molecule has 1 heterocycles. The minimum absolute atomic E-state index is 0.0134. The van der Waals surface area contributed by atoms with Gasteiger partial charge in [0.25, 0.3) is 0 Å². The highest BCUT2D eigenvalue weighted by Gasteiger charge is 2.65. The van der Waals surface area contributed by atoms with Crippen LogP contribution in [0.3, 0.4) is 0 Å². The molecule has 2 unspecified atom stereocenters. The van der Waals surface area contributed by atoms with Gasteiger partial charge in [-0.2, -0.15) is 0 Å². The average Bonchev–Trinajstić information content (AvgIpc) is 3.32. The quantitative estimate of drug-likeness (QED) is 0.259. The van der Waals surface area contributed by atoms with Crippen LogP contribution in [0.2, 0.25) is 0 Å². The Morgan fingerprint density at radius 2 is 1.23 bits per heavy atom. The minimum atomic E-state index is 0.0134. The van der Waals surface area contributed by atoms with Crippen molar-refractivity contribution >= 4 is 11.4 Å². The van der Waals surface area contributed by atoms with Gasteiger partial charge in [0.15, 0.2) is 0 Å². The summed E-state index contributed by atoms with van der Waals surface area (Å²) in [5, 5.41) is 0. The Kier molecular flexibility index (Phi) is 5.13. The number of para-hydroxylation sites is 1. The Balaban J connectivity index is 1.42. The molecule has 0 radical (unpaired) electrons. The molecule has 0 saturated heterocycles. The van der Waals surface area contributed by atoms with E-state index in [1.165, 1.54) is 76.0 Å². The van der Waals surface area contributed by atoms with E-state index in [1.54, 1.807) is 0 Å². The SMILES string of the molecule is CC1(C)c2ccccc2-c2ccc(-c3ccc4c(c3)C3(C)CCCCC3(C(C)(C)C)N4c3ccccc3)cc21. The van der Waals surface area contributed by atoms with Crippen molar-refractivity contribution in [2.45, 2.75) is 83.6 Å². The van der Waals surface area contributed by atoms with E-state index in [9.17, 15) is 0 Å². The number of fused-ring (bicyclic) bond motifs is 6. The summed E-state index contributed by atoms with van der Waals surface area (Å²) in [7, 11) is 0. The summed E-state index contributed by atoms with van der Waals surface area (Å²) in [6, 6.07) is 34.6. The number of anilines is 2. The zero-order chi connectivity index (χ0) is 27.2. The van der Waals surface area contributed by atoms with Crippen LogP contribution < -0.4 is 4.90 Å². The van der Waals surface area contributed by atoms with Gasteiger partial charge in [-0.1, -0.05) is 115 Å². The molecule has 0 aromatic heterocycles. The van der Waals surface area contributed by atoms with Crippen LogP contribution in [-0.2, 0) is 10.8 Å². The van der Waals surface area contributed by atoms with E-state index >= 15 is 0 Å². The largest absolute Gasteiger partial charge is 0.334 e. The van der Waals surface area contributed by atoms with Gasteiger partial charge in [0.2, 0.25) is 0 Å². The molecule has 1 saturated carbocycles. The first-order valence-corrected chi connectivity index (χ1v) is 14.8. The highest BCUT2D eigenvalue weighted by molar-refractivity contribution is 5.85. The van der Waals surface area contributed by atoms with Gasteiger partial charge in [-0.15, -0.1) is 0 Å². The number of hydrogen-bond donors (Lipinski definition) is 0. The van der Waals surface area contributed by atoms with E-state index in [2.05, 4.69) is 137 Å². The topological polar surface area (TPSA) is 3.24 Å². The summed E-state index contributed by atoms with van der Waals surface area (Å²) < 4.78 is 0. The van der Waals surface area contributed by atoms with E-state index in [-0.39, 0.29) is 21.8 Å². The summed E-state index contributed by atoms with van der Waals surface area (Å²) >= 11 is 0. The Hall–Kier alpha value is -3.32. The van der Waals surface area contributed by atoms with Crippen molar-refractivity contribution in [3.63, 3.8) is 0 Å². The lowest BCUT2D eigenvalue weighted by Crippen LogP contribution is -2.64. The molecule has 1 nitrogen and oxygen atoms in total. The highest BCUT2D eigenvalue weighted by Crippen LogP contribution is 2.66. The molecule has 0 N–H and O–H groups in total. The third-order valence-corrected chi connectivity index (χ3v) is 10.8.